The van der Waals surface area contributed by atoms with Gasteiger partial charge in [-0.05, 0) is 48.0 Å². The van der Waals surface area contributed by atoms with E-state index in [0.29, 0.717) is 28.4 Å². The van der Waals surface area contributed by atoms with Crippen LogP contribution >= 0.6 is 15.9 Å². The maximum atomic E-state index is 12.6. The number of cyclic esters (lactones) is 1. The highest BCUT2D eigenvalue weighted by Gasteiger charge is 2.27. The Labute approximate surface area is 221 Å². The van der Waals surface area contributed by atoms with Crippen molar-refractivity contribution in [3.05, 3.63) is 93.6 Å². The summed E-state index contributed by atoms with van der Waals surface area (Å²) in [6.07, 6.45) is 4.47. The SMILES string of the molecule is COc1cc(C2=N/C(=C/c3cc(Br)ccc3OC(=O)/C=C/c3ccccc3)C(=O)O2)cc(OC)c1OC. The Kier molecular flexibility index (Phi) is 8.05. The number of ether oxygens (including phenoxy) is 5. The van der Waals surface area contributed by atoms with Crippen molar-refractivity contribution in [3.63, 3.8) is 0 Å². The Hall–Kier alpha value is -4.37. The molecule has 0 bridgehead atoms. The zero-order valence-corrected chi connectivity index (χ0v) is 21.8. The number of nitrogens with zero attached hydrogens (tertiary/aromatic N) is 1. The summed E-state index contributed by atoms with van der Waals surface area (Å²) in [5, 5.41) is 0. The molecular formula is C28H22BrNO7. The summed E-state index contributed by atoms with van der Waals surface area (Å²) in [5.74, 6) is 0.260. The number of esters is 2. The summed E-state index contributed by atoms with van der Waals surface area (Å²) in [5.41, 5.74) is 1.80. The monoisotopic (exact) mass is 563 g/mol. The maximum Gasteiger partial charge on any atom is 0.363 e. The van der Waals surface area contributed by atoms with Gasteiger partial charge in [-0.2, -0.15) is 0 Å². The topological polar surface area (TPSA) is 92.7 Å². The lowest BCUT2D eigenvalue weighted by Crippen LogP contribution is -2.07. The van der Waals surface area contributed by atoms with Crippen molar-refractivity contribution in [1.82, 2.24) is 0 Å². The molecule has 0 radical (unpaired) electrons. The first-order chi connectivity index (χ1) is 17.9. The minimum absolute atomic E-state index is 0.0268. The van der Waals surface area contributed by atoms with Gasteiger partial charge < -0.3 is 23.7 Å². The van der Waals surface area contributed by atoms with Gasteiger partial charge in [0.2, 0.25) is 11.6 Å². The first kappa shape index (κ1) is 25.7. The van der Waals surface area contributed by atoms with Crippen molar-refractivity contribution >= 4 is 45.9 Å². The Morgan fingerprint density at radius 2 is 1.62 bits per heavy atom. The number of halogens is 1. The third-order valence-corrected chi connectivity index (χ3v) is 5.71. The zero-order chi connectivity index (χ0) is 26.4. The first-order valence-electron chi connectivity index (χ1n) is 11.0. The summed E-state index contributed by atoms with van der Waals surface area (Å²) in [4.78, 5) is 29.4. The van der Waals surface area contributed by atoms with Gasteiger partial charge in [0.05, 0.1) is 21.3 Å². The van der Waals surface area contributed by atoms with Crippen LogP contribution in [0.15, 0.2) is 81.9 Å². The molecule has 4 rings (SSSR count). The summed E-state index contributed by atoms with van der Waals surface area (Å²) < 4.78 is 27.7. The molecule has 1 heterocycles. The highest BCUT2D eigenvalue weighted by atomic mass is 79.9. The number of hydrogen-bond donors (Lipinski definition) is 0. The molecule has 0 fully saturated rings. The van der Waals surface area contributed by atoms with Crippen LogP contribution < -0.4 is 18.9 Å². The molecule has 188 valence electrons. The van der Waals surface area contributed by atoms with Gasteiger partial charge in [-0.25, -0.2) is 14.6 Å². The molecule has 0 N–H and O–H groups in total. The molecule has 37 heavy (non-hydrogen) atoms. The molecule has 3 aromatic carbocycles. The Morgan fingerprint density at radius 3 is 2.27 bits per heavy atom. The molecular weight excluding hydrogens is 542 g/mol. The van der Waals surface area contributed by atoms with Crippen molar-refractivity contribution in [3.8, 4) is 23.0 Å². The highest BCUT2D eigenvalue weighted by molar-refractivity contribution is 9.10. The average Bonchev–Trinajstić information content (AvgIpc) is 3.28. The molecule has 0 amide bonds. The third-order valence-electron chi connectivity index (χ3n) is 5.22. The number of carbonyl (C=O) groups is 2. The van der Waals surface area contributed by atoms with Crippen LogP contribution in [-0.2, 0) is 14.3 Å². The van der Waals surface area contributed by atoms with Crippen molar-refractivity contribution in [2.45, 2.75) is 0 Å². The second kappa shape index (κ2) is 11.6. The van der Waals surface area contributed by atoms with E-state index in [1.807, 2.05) is 30.3 Å². The van der Waals surface area contributed by atoms with E-state index in [-0.39, 0.29) is 17.3 Å². The molecule has 1 aliphatic heterocycles. The van der Waals surface area contributed by atoms with Crippen molar-refractivity contribution in [1.29, 1.82) is 0 Å². The van der Waals surface area contributed by atoms with Crippen molar-refractivity contribution in [2.24, 2.45) is 4.99 Å². The van der Waals surface area contributed by atoms with Crippen LogP contribution in [0, 0.1) is 0 Å². The molecule has 0 aromatic heterocycles. The second-order valence-corrected chi connectivity index (χ2v) is 8.51. The van der Waals surface area contributed by atoms with Crippen LogP contribution in [0.25, 0.3) is 12.2 Å². The van der Waals surface area contributed by atoms with Crippen LogP contribution in [0.1, 0.15) is 16.7 Å². The largest absolute Gasteiger partial charge is 0.493 e. The molecule has 0 saturated carbocycles. The van der Waals surface area contributed by atoms with Gasteiger partial charge in [0.15, 0.2) is 17.2 Å². The lowest BCUT2D eigenvalue weighted by molar-refractivity contribution is -0.130. The van der Waals surface area contributed by atoms with Gasteiger partial charge in [-0.15, -0.1) is 0 Å². The van der Waals surface area contributed by atoms with E-state index in [1.54, 1.807) is 36.4 Å². The van der Waals surface area contributed by atoms with E-state index in [4.69, 9.17) is 23.7 Å². The maximum absolute atomic E-state index is 12.6. The van der Waals surface area contributed by atoms with Crippen molar-refractivity contribution < 1.29 is 33.3 Å². The van der Waals surface area contributed by atoms with Crippen LogP contribution in [0.4, 0.5) is 0 Å². The molecule has 0 aliphatic carbocycles. The number of hydrogen-bond acceptors (Lipinski definition) is 8. The molecule has 0 unspecified atom stereocenters. The number of aliphatic imine (C=N–C) groups is 1. The Bertz CT molecular complexity index is 1400. The van der Waals surface area contributed by atoms with Gasteiger partial charge in [-0.3, -0.25) is 0 Å². The van der Waals surface area contributed by atoms with E-state index in [2.05, 4.69) is 20.9 Å². The fourth-order valence-corrected chi connectivity index (χ4v) is 3.86. The first-order valence-corrected chi connectivity index (χ1v) is 11.8. The fourth-order valence-electron chi connectivity index (χ4n) is 3.48. The minimum Gasteiger partial charge on any atom is -0.493 e. The fraction of sp³-hybridized carbons (Fsp3) is 0.107. The summed E-state index contributed by atoms with van der Waals surface area (Å²) >= 11 is 3.41. The number of carbonyl (C=O) groups excluding carboxylic acids is 2. The van der Waals surface area contributed by atoms with Gasteiger partial charge in [0.25, 0.3) is 0 Å². The van der Waals surface area contributed by atoms with E-state index < -0.39 is 11.9 Å². The number of rotatable bonds is 8. The van der Waals surface area contributed by atoms with Gasteiger partial charge in [0, 0.05) is 21.7 Å². The Morgan fingerprint density at radius 1 is 0.919 bits per heavy atom. The smallest absolute Gasteiger partial charge is 0.363 e. The quantitative estimate of drug-likeness (QED) is 0.205. The van der Waals surface area contributed by atoms with Crippen LogP contribution in [0.3, 0.4) is 0 Å². The van der Waals surface area contributed by atoms with Crippen LogP contribution in [0.5, 0.6) is 23.0 Å². The minimum atomic E-state index is -0.662. The van der Waals surface area contributed by atoms with Crippen LogP contribution in [0.2, 0.25) is 0 Å². The van der Waals surface area contributed by atoms with Crippen molar-refractivity contribution in [2.75, 3.05) is 21.3 Å². The number of benzene rings is 3. The Balaban J connectivity index is 1.63. The molecule has 9 heteroatoms. The normalized spacial score (nSPS) is 13.9. The predicted octanol–water partition coefficient (Wildman–Crippen LogP) is 5.44. The summed E-state index contributed by atoms with van der Waals surface area (Å²) in [7, 11) is 4.47. The molecule has 0 saturated heterocycles. The standard InChI is InChI=1S/C28H22BrNO7/c1-33-23-15-19(16-24(34-2)26(23)35-3)27-30-21(28(32)37-27)14-18-13-20(29)10-11-22(18)36-25(31)12-9-17-7-5-4-6-8-17/h4-16H,1-3H3/b12-9+,21-14+. The lowest BCUT2D eigenvalue weighted by Gasteiger charge is -2.13. The van der Waals surface area contributed by atoms with Crippen LogP contribution in [-0.4, -0.2) is 39.2 Å². The highest BCUT2D eigenvalue weighted by Crippen LogP contribution is 2.39. The lowest BCUT2D eigenvalue weighted by atomic mass is 10.1. The van der Waals surface area contributed by atoms with E-state index in [0.717, 1.165) is 10.0 Å². The molecule has 0 spiro atoms. The van der Waals surface area contributed by atoms with Gasteiger partial charge in [-0.1, -0.05) is 46.3 Å². The second-order valence-electron chi connectivity index (χ2n) is 7.60. The van der Waals surface area contributed by atoms with E-state index >= 15 is 0 Å². The van der Waals surface area contributed by atoms with Gasteiger partial charge >= 0.3 is 11.9 Å². The molecule has 3 aromatic rings. The number of methoxy groups -OCH3 is 3. The third kappa shape index (κ3) is 6.07. The molecule has 1 aliphatic rings. The average molecular weight is 564 g/mol. The predicted molar refractivity (Wildman–Crippen MR) is 142 cm³/mol. The van der Waals surface area contributed by atoms with E-state index in [1.165, 1.54) is 33.5 Å². The summed E-state index contributed by atoms with van der Waals surface area (Å²) in [6.45, 7) is 0. The summed E-state index contributed by atoms with van der Waals surface area (Å²) in [6, 6.07) is 17.7. The molecule has 0 atom stereocenters. The van der Waals surface area contributed by atoms with E-state index in [9.17, 15) is 9.59 Å². The van der Waals surface area contributed by atoms with Gasteiger partial charge in [0.1, 0.15) is 5.75 Å². The zero-order valence-electron chi connectivity index (χ0n) is 20.2. The molecule has 8 nitrogen and oxygen atoms in total.